The van der Waals surface area contributed by atoms with E-state index in [1.807, 2.05) is 109 Å². The summed E-state index contributed by atoms with van der Waals surface area (Å²) < 4.78 is 18.3. The molecule has 0 amide bonds. The molecule has 0 saturated carbocycles. The van der Waals surface area contributed by atoms with Crippen molar-refractivity contribution < 1.29 is 33.4 Å². The molecule has 6 aromatic heterocycles. The van der Waals surface area contributed by atoms with Crippen LogP contribution >= 0.6 is 0 Å². The zero-order chi connectivity index (χ0) is 43.2. The minimum Gasteiger partial charge on any atom is -0.501 e. The average molecular weight is 1010 g/mol. The van der Waals surface area contributed by atoms with E-state index in [4.69, 9.17) is 13.3 Å². The van der Waals surface area contributed by atoms with Crippen LogP contribution in [0.2, 0.25) is 0 Å². The molecular weight excluding hydrogens is 967 g/mol. The van der Waals surface area contributed by atoms with Crippen LogP contribution in [0.25, 0.3) is 99.6 Å². The number of pyridine rings is 3. The van der Waals surface area contributed by atoms with Crippen molar-refractivity contribution in [1.29, 1.82) is 0 Å². The summed E-state index contributed by atoms with van der Waals surface area (Å²) in [5.74, 6) is 0. The summed E-state index contributed by atoms with van der Waals surface area (Å²) in [4.78, 5) is 13.3. The zero-order valence-corrected chi connectivity index (χ0v) is 38.7. The third-order valence-corrected chi connectivity index (χ3v) is 12.0. The predicted molar refractivity (Wildman–Crippen MR) is 256 cm³/mol. The van der Waals surface area contributed by atoms with Gasteiger partial charge in [0.05, 0.1) is 16.7 Å². The minimum absolute atomic E-state index is 0. The summed E-state index contributed by atoms with van der Waals surface area (Å²) in [6, 6.07) is 52.5. The molecule has 0 unspecified atom stereocenters. The topological polar surface area (TPSA) is 78.1 Å². The third kappa shape index (κ3) is 7.47. The van der Waals surface area contributed by atoms with E-state index in [-0.39, 0.29) is 20.1 Å². The van der Waals surface area contributed by atoms with Gasteiger partial charge in [0, 0.05) is 34.7 Å². The average Bonchev–Trinajstić information content (AvgIpc) is 4.04. The molecule has 0 atom stereocenters. The Balaban J connectivity index is 0.000000121. The monoisotopic (exact) mass is 1010 g/mol. The van der Waals surface area contributed by atoms with Crippen LogP contribution in [0.5, 0.6) is 0 Å². The Morgan fingerprint density at radius 2 is 0.609 bits per heavy atom. The second kappa shape index (κ2) is 17.5. The number of nitrogens with zero attached hydrogens (tertiary/aromatic N) is 3. The zero-order valence-electron chi connectivity index (χ0n) is 36.3. The summed E-state index contributed by atoms with van der Waals surface area (Å²) in [6.45, 7) is 12.6. The molecule has 0 fully saturated rings. The molecule has 6 heterocycles. The first-order valence-corrected chi connectivity index (χ1v) is 21.0. The van der Waals surface area contributed by atoms with Gasteiger partial charge in [-0.3, -0.25) is 0 Å². The molecule has 0 saturated heterocycles. The summed E-state index contributed by atoms with van der Waals surface area (Å²) in [7, 11) is 0. The third-order valence-electron chi connectivity index (χ3n) is 12.0. The van der Waals surface area contributed by atoms with E-state index in [1.54, 1.807) is 18.6 Å². The second-order valence-corrected chi connectivity index (χ2v) is 15.8. The van der Waals surface area contributed by atoms with Gasteiger partial charge in [-0.25, -0.2) is 0 Å². The molecule has 64 heavy (non-hydrogen) atoms. The number of benzene rings is 6. The molecule has 6 aromatic carbocycles. The molecule has 0 aliphatic carbocycles. The van der Waals surface area contributed by atoms with Gasteiger partial charge in [-0.1, -0.05) is 165 Å². The minimum atomic E-state index is 0. The Morgan fingerprint density at radius 3 is 0.875 bits per heavy atom. The standard InChI is InChI=1S/3C19H14NO.Ir/c3*1-12-11-15(16-8-5-6-10-20-16)19-18(13(12)2)14-7-3-4-9-17(14)21-19;/h3*3-10H,1-2H3;/q3*-1;+3. The van der Waals surface area contributed by atoms with Gasteiger partial charge in [-0.15, -0.1) is 51.6 Å². The van der Waals surface area contributed by atoms with Crippen LogP contribution < -0.4 is 0 Å². The normalized spacial score (nSPS) is 11.2. The smallest absolute Gasteiger partial charge is 0.501 e. The molecule has 0 aliphatic heterocycles. The fourth-order valence-corrected chi connectivity index (χ4v) is 8.43. The molecule has 0 spiro atoms. The van der Waals surface area contributed by atoms with Gasteiger partial charge >= 0.3 is 20.1 Å². The van der Waals surface area contributed by atoms with E-state index in [9.17, 15) is 0 Å². The van der Waals surface area contributed by atoms with Crippen LogP contribution in [0.3, 0.4) is 0 Å². The molecule has 6 nitrogen and oxygen atoms in total. The van der Waals surface area contributed by atoms with Crippen LogP contribution in [0, 0.1) is 59.7 Å². The maximum Gasteiger partial charge on any atom is 3.00 e. The summed E-state index contributed by atoms with van der Waals surface area (Å²) in [6.07, 6.45) is 5.40. The van der Waals surface area contributed by atoms with Crippen LogP contribution in [-0.2, 0) is 20.1 Å². The number of para-hydroxylation sites is 3. The summed E-state index contributed by atoms with van der Waals surface area (Å²) in [5, 5.41) is 6.96. The van der Waals surface area contributed by atoms with Gasteiger partial charge in [-0.05, 0) is 53.5 Å². The van der Waals surface area contributed by atoms with Crippen molar-refractivity contribution in [2.24, 2.45) is 0 Å². The summed E-state index contributed by atoms with van der Waals surface area (Å²) in [5.41, 5.74) is 17.9. The fraction of sp³-hybridized carbons (Fsp3) is 0.105. The van der Waals surface area contributed by atoms with E-state index in [0.29, 0.717) is 0 Å². The molecule has 0 radical (unpaired) electrons. The maximum atomic E-state index is 6.10. The van der Waals surface area contributed by atoms with E-state index in [2.05, 4.69) is 92.9 Å². The van der Waals surface area contributed by atoms with E-state index < -0.39 is 0 Å². The van der Waals surface area contributed by atoms with Crippen molar-refractivity contribution in [3.63, 3.8) is 0 Å². The SMILES string of the molecule is Cc1[c-]c(-c2ccccn2)c2oc3ccccc3c2c1C.Cc1[c-]c(-c2ccccn2)c2oc3ccccc3c2c1C.Cc1[c-]c(-c2ccccn2)c2oc3ccccc3c2c1C.[Ir+3]. The number of hydrogen-bond acceptors (Lipinski definition) is 6. The van der Waals surface area contributed by atoms with Crippen LogP contribution in [0.1, 0.15) is 33.4 Å². The van der Waals surface area contributed by atoms with E-state index in [1.165, 1.54) is 32.8 Å². The molecule has 12 rings (SSSR count). The molecule has 7 heteroatoms. The van der Waals surface area contributed by atoms with Gasteiger partial charge in [0.1, 0.15) is 16.7 Å². The van der Waals surface area contributed by atoms with Crippen LogP contribution in [-0.4, -0.2) is 15.0 Å². The van der Waals surface area contributed by atoms with Crippen molar-refractivity contribution in [3.8, 4) is 33.8 Å². The van der Waals surface area contributed by atoms with Crippen molar-refractivity contribution in [1.82, 2.24) is 15.0 Å². The van der Waals surface area contributed by atoms with E-state index in [0.717, 1.165) is 100 Å². The molecule has 312 valence electrons. The quantitative estimate of drug-likeness (QED) is 0.164. The molecule has 0 aliphatic rings. The van der Waals surface area contributed by atoms with Crippen LogP contribution in [0.4, 0.5) is 0 Å². The first kappa shape index (κ1) is 42.1. The Kier molecular flexibility index (Phi) is 11.5. The number of fused-ring (bicyclic) bond motifs is 9. The first-order chi connectivity index (χ1) is 30.8. The molecule has 12 aromatic rings. The molecule has 0 bridgehead atoms. The van der Waals surface area contributed by atoms with Gasteiger partial charge in [-0.2, -0.15) is 0 Å². The largest absolute Gasteiger partial charge is 3.00 e. The number of hydrogen-bond donors (Lipinski definition) is 0. The van der Waals surface area contributed by atoms with Crippen molar-refractivity contribution in [3.05, 3.63) is 198 Å². The fourth-order valence-electron chi connectivity index (χ4n) is 8.43. The number of aryl methyl sites for hydroxylation is 6. The Labute approximate surface area is 385 Å². The number of rotatable bonds is 3. The maximum absolute atomic E-state index is 6.10. The van der Waals surface area contributed by atoms with Gasteiger partial charge in [0.15, 0.2) is 0 Å². The Hall–Kier alpha value is -7.18. The van der Waals surface area contributed by atoms with Crippen molar-refractivity contribution in [2.75, 3.05) is 0 Å². The second-order valence-electron chi connectivity index (χ2n) is 15.8. The van der Waals surface area contributed by atoms with Crippen molar-refractivity contribution >= 4 is 65.8 Å². The summed E-state index contributed by atoms with van der Waals surface area (Å²) >= 11 is 0. The van der Waals surface area contributed by atoms with Crippen molar-refractivity contribution in [2.45, 2.75) is 41.5 Å². The van der Waals surface area contributed by atoms with Crippen LogP contribution in [0.15, 0.2) is 159 Å². The number of aromatic nitrogens is 3. The van der Waals surface area contributed by atoms with Gasteiger partial charge in [0.25, 0.3) is 0 Å². The van der Waals surface area contributed by atoms with Gasteiger partial charge in [0.2, 0.25) is 0 Å². The Morgan fingerprint density at radius 1 is 0.344 bits per heavy atom. The number of furan rings is 3. The molecular formula is C57H42IrN3O3. The molecule has 0 N–H and O–H groups in total. The predicted octanol–water partition coefficient (Wildman–Crippen LogP) is 15.2. The van der Waals surface area contributed by atoms with Gasteiger partial charge < -0.3 is 28.2 Å². The van der Waals surface area contributed by atoms with E-state index >= 15 is 0 Å². The first-order valence-electron chi connectivity index (χ1n) is 21.0. The Bertz CT molecular complexity index is 3250.